The molecule has 0 aromatic heterocycles. The van der Waals surface area contributed by atoms with Crippen LogP contribution in [0.4, 0.5) is 17.1 Å². The number of nitrogens with zero attached hydrogens (tertiary/aromatic N) is 3. The molecule has 0 N–H and O–H groups in total. The van der Waals surface area contributed by atoms with Crippen LogP contribution >= 0.6 is 0 Å². The van der Waals surface area contributed by atoms with Crippen molar-refractivity contribution in [2.75, 3.05) is 12.0 Å². The third-order valence-electron chi connectivity index (χ3n) is 4.45. The fraction of sp³-hybridized carbons (Fsp3) is 0.0455. The maximum atomic E-state index is 12.8. The SMILES string of the molecule is COC(=O)c1ccc2c(c1)C(=O)N(c1ccc(N=Nc3ccccc3)cc1)C2=O. The number of amides is 2. The maximum Gasteiger partial charge on any atom is 0.337 e. The highest BCUT2D eigenvalue weighted by molar-refractivity contribution is 6.34. The summed E-state index contributed by atoms with van der Waals surface area (Å²) in [5, 5.41) is 8.28. The number of ether oxygens (including phenoxy) is 1. The fourth-order valence-corrected chi connectivity index (χ4v) is 3.00. The Kier molecular flexibility index (Phi) is 4.70. The summed E-state index contributed by atoms with van der Waals surface area (Å²) in [6, 6.07) is 20.2. The minimum Gasteiger partial charge on any atom is -0.465 e. The van der Waals surface area contributed by atoms with E-state index in [2.05, 4.69) is 15.0 Å². The Morgan fingerprint density at radius 2 is 1.41 bits per heavy atom. The van der Waals surface area contributed by atoms with Gasteiger partial charge in [0.2, 0.25) is 0 Å². The summed E-state index contributed by atoms with van der Waals surface area (Å²) >= 11 is 0. The van der Waals surface area contributed by atoms with Gasteiger partial charge < -0.3 is 4.74 Å². The molecule has 0 radical (unpaired) electrons. The second-order valence-corrected chi connectivity index (χ2v) is 6.25. The summed E-state index contributed by atoms with van der Waals surface area (Å²) in [6.45, 7) is 0. The van der Waals surface area contributed by atoms with Gasteiger partial charge in [-0.25, -0.2) is 9.69 Å². The number of benzene rings is 3. The number of rotatable bonds is 4. The zero-order valence-corrected chi connectivity index (χ0v) is 15.4. The highest BCUT2D eigenvalue weighted by Gasteiger charge is 2.37. The maximum absolute atomic E-state index is 12.8. The van der Waals surface area contributed by atoms with Crippen molar-refractivity contribution in [3.05, 3.63) is 89.5 Å². The lowest BCUT2D eigenvalue weighted by atomic mass is 10.1. The molecule has 29 heavy (non-hydrogen) atoms. The first-order chi connectivity index (χ1) is 14.1. The van der Waals surface area contributed by atoms with Crippen molar-refractivity contribution < 1.29 is 19.1 Å². The van der Waals surface area contributed by atoms with Crippen LogP contribution in [0.3, 0.4) is 0 Å². The fourth-order valence-electron chi connectivity index (χ4n) is 3.00. The molecule has 0 bridgehead atoms. The van der Waals surface area contributed by atoms with Gasteiger partial charge in [-0.2, -0.15) is 10.2 Å². The standard InChI is InChI=1S/C22H15N3O4/c1-29-22(28)14-7-12-18-19(13-14)21(27)25(20(18)26)17-10-8-16(9-11-17)24-23-15-5-3-2-4-6-15/h2-13H,1H3. The highest BCUT2D eigenvalue weighted by Crippen LogP contribution is 2.30. The number of imide groups is 1. The first kappa shape index (κ1) is 18.2. The Hall–Kier alpha value is -4.13. The van der Waals surface area contributed by atoms with Gasteiger partial charge in [-0.15, -0.1) is 0 Å². The second-order valence-electron chi connectivity index (χ2n) is 6.25. The molecule has 0 saturated carbocycles. The number of azo groups is 1. The van der Waals surface area contributed by atoms with Gasteiger partial charge >= 0.3 is 5.97 Å². The summed E-state index contributed by atoms with van der Waals surface area (Å²) < 4.78 is 4.67. The van der Waals surface area contributed by atoms with E-state index in [9.17, 15) is 14.4 Å². The average molecular weight is 385 g/mol. The first-order valence-corrected chi connectivity index (χ1v) is 8.76. The first-order valence-electron chi connectivity index (χ1n) is 8.76. The van der Waals surface area contributed by atoms with E-state index in [-0.39, 0.29) is 16.7 Å². The monoisotopic (exact) mass is 385 g/mol. The van der Waals surface area contributed by atoms with Gasteiger partial charge in [0.25, 0.3) is 11.8 Å². The molecule has 3 aromatic rings. The van der Waals surface area contributed by atoms with E-state index in [0.717, 1.165) is 10.6 Å². The molecule has 142 valence electrons. The molecule has 2 amide bonds. The van der Waals surface area contributed by atoms with E-state index in [0.29, 0.717) is 11.4 Å². The Morgan fingerprint density at radius 1 is 0.793 bits per heavy atom. The third-order valence-corrected chi connectivity index (χ3v) is 4.45. The number of fused-ring (bicyclic) bond motifs is 1. The summed E-state index contributed by atoms with van der Waals surface area (Å²) in [4.78, 5) is 38.3. The molecule has 0 aliphatic carbocycles. The van der Waals surface area contributed by atoms with Gasteiger partial charge in [0, 0.05) is 0 Å². The van der Waals surface area contributed by atoms with Crippen LogP contribution in [0.5, 0.6) is 0 Å². The lowest BCUT2D eigenvalue weighted by molar-refractivity contribution is 0.0600. The van der Waals surface area contributed by atoms with Crippen molar-refractivity contribution in [3.8, 4) is 0 Å². The quantitative estimate of drug-likeness (QED) is 0.370. The predicted octanol–water partition coefficient (Wildman–Crippen LogP) is 4.69. The van der Waals surface area contributed by atoms with E-state index >= 15 is 0 Å². The normalized spacial score (nSPS) is 13.1. The van der Waals surface area contributed by atoms with Gasteiger partial charge in [0.05, 0.1) is 40.9 Å². The van der Waals surface area contributed by atoms with Crippen LogP contribution in [0.2, 0.25) is 0 Å². The number of carbonyl (C=O) groups is 3. The number of methoxy groups -OCH3 is 1. The number of hydrogen-bond donors (Lipinski definition) is 0. The van der Waals surface area contributed by atoms with Gasteiger partial charge in [-0.05, 0) is 54.6 Å². The van der Waals surface area contributed by atoms with Crippen LogP contribution < -0.4 is 4.90 Å². The topological polar surface area (TPSA) is 88.4 Å². The van der Waals surface area contributed by atoms with Crippen molar-refractivity contribution in [2.45, 2.75) is 0 Å². The number of carbonyl (C=O) groups excluding carboxylic acids is 3. The lowest BCUT2D eigenvalue weighted by Gasteiger charge is -2.13. The molecule has 7 nitrogen and oxygen atoms in total. The van der Waals surface area contributed by atoms with Crippen molar-refractivity contribution in [3.63, 3.8) is 0 Å². The molecule has 7 heteroatoms. The smallest absolute Gasteiger partial charge is 0.337 e. The van der Waals surface area contributed by atoms with Crippen LogP contribution in [-0.4, -0.2) is 24.9 Å². The summed E-state index contributed by atoms with van der Waals surface area (Å²) in [5.41, 5.74) is 2.35. The molecule has 1 aliphatic rings. The molecule has 4 rings (SSSR count). The van der Waals surface area contributed by atoms with E-state index in [1.165, 1.54) is 25.3 Å². The third kappa shape index (κ3) is 3.41. The van der Waals surface area contributed by atoms with Crippen LogP contribution in [0.25, 0.3) is 0 Å². The number of anilines is 1. The van der Waals surface area contributed by atoms with Crippen molar-refractivity contribution in [1.82, 2.24) is 0 Å². The molecule has 0 unspecified atom stereocenters. The summed E-state index contributed by atoms with van der Waals surface area (Å²) in [6.07, 6.45) is 0. The minimum atomic E-state index is -0.570. The van der Waals surface area contributed by atoms with Gasteiger partial charge in [0.15, 0.2) is 0 Å². The van der Waals surface area contributed by atoms with Gasteiger partial charge in [-0.1, -0.05) is 18.2 Å². The molecule has 0 saturated heterocycles. The second kappa shape index (κ2) is 7.47. The average Bonchev–Trinajstić information content (AvgIpc) is 3.02. The van der Waals surface area contributed by atoms with Crippen molar-refractivity contribution in [2.24, 2.45) is 10.2 Å². The Balaban J connectivity index is 1.58. The largest absolute Gasteiger partial charge is 0.465 e. The summed E-state index contributed by atoms with van der Waals surface area (Å²) in [7, 11) is 1.26. The van der Waals surface area contributed by atoms with Crippen molar-refractivity contribution >= 4 is 34.8 Å². The van der Waals surface area contributed by atoms with Gasteiger partial charge in [0.1, 0.15) is 0 Å². The molecule has 0 fully saturated rings. The lowest BCUT2D eigenvalue weighted by Crippen LogP contribution is -2.29. The molecule has 0 atom stereocenters. The predicted molar refractivity (Wildman–Crippen MR) is 106 cm³/mol. The Bertz CT molecular complexity index is 1140. The molecule has 1 aliphatic heterocycles. The van der Waals surface area contributed by atoms with Crippen LogP contribution in [-0.2, 0) is 4.74 Å². The highest BCUT2D eigenvalue weighted by atomic mass is 16.5. The van der Waals surface area contributed by atoms with Crippen LogP contribution in [0.15, 0.2) is 83.0 Å². The summed E-state index contributed by atoms with van der Waals surface area (Å²) in [5.74, 6) is -1.51. The molecule has 0 spiro atoms. The Labute approximate surface area is 166 Å². The van der Waals surface area contributed by atoms with Gasteiger partial charge in [-0.3, -0.25) is 9.59 Å². The molecular formula is C22H15N3O4. The molecule has 1 heterocycles. The van der Waals surface area contributed by atoms with Crippen LogP contribution in [0.1, 0.15) is 31.1 Å². The Morgan fingerprint density at radius 3 is 2.07 bits per heavy atom. The van der Waals surface area contributed by atoms with E-state index in [4.69, 9.17) is 0 Å². The zero-order valence-electron chi connectivity index (χ0n) is 15.4. The van der Waals surface area contributed by atoms with E-state index in [1.54, 1.807) is 24.3 Å². The number of hydrogen-bond acceptors (Lipinski definition) is 6. The van der Waals surface area contributed by atoms with Crippen LogP contribution in [0, 0.1) is 0 Å². The zero-order chi connectivity index (χ0) is 20.4. The number of esters is 1. The van der Waals surface area contributed by atoms with E-state index < -0.39 is 17.8 Å². The minimum absolute atomic E-state index is 0.172. The molecule has 3 aromatic carbocycles. The van der Waals surface area contributed by atoms with E-state index in [1.807, 2.05) is 30.3 Å². The molecular weight excluding hydrogens is 370 g/mol. The van der Waals surface area contributed by atoms with Crippen molar-refractivity contribution in [1.29, 1.82) is 0 Å².